The number of hydrogen-bond donors (Lipinski definition) is 1. The van der Waals surface area contributed by atoms with E-state index in [1.807, 2.05) is 35.0 Å². The molecule has 4 rings (SSSR count). The number of aromatic nitrogens is 2. The highest BCUT2D eigenvalue weighted by molar-refractivity contribution is 5.91. The van der Waals surface area contributed by atoms with Crippen LogP contribution in [0.25, 0.3) is 11.0 Å². The number of allylic oxidation sites excluding steroid dienone is 1. The Morgan fingerprint density at radius 3 is 2.54 bits per heavy atom. The first-order valence-corrected chi connectivity index (χ1v) is 9.88. The molecule has 2 fully saturated rings. The lowest BCUT2D eigenvalue weighted by Gasteiger charge is -2.31. The Kier molecular flexibility index (Phi) is 4.96. The molecule has 1 N–H and O–H groups in total. The number of H-pyrrole nitrogens is 1. The lowest BCUT2D eigenvalue weighted by Crippen LogP contribution is -2.34. The number of likely N-dealkylation sites (tertiary alicyclic amines) is 1. The Hall–Kier alpha value is -2.30. The fourth-order valence-electron chi connectivity index (χ4n) is 4.43. The Balaban J connectivity index is 1.38. The molecule has 0 unspecified atom stereocenters. The van der Waals surface area contributed by atoms with E-state index in [0.717, 1.165) is 49.8 Å². The third-order valence-corrected chi connectivity index (χ3v) is 5.95. The van der Waals surface area contributed by atoms with Crippen molar-refractivity contribution < 1.29 is 4.79 Å². The Morgan fingerprint density at radius 1 is 1.04 bits per heavy atom. The summed E-state index contributed by atoms with van der Waals surface area (Å²) in [5, 5.41) is 0. The smallest absolute Gasteiger partial charge is 0.326 e. The number of para-hydroxylation sites is 2. The Morgan fingerprint density at radius 2 is 1.77 bits per heavy atom. The van der Waals surface area contributed by atoms with Crippen molar-refractivity contribution in [3.05, 3.63) is 47.0 Å². The van der Waals surface area contributed by atoms with Gasteiger partial charge >= 0.3 is 5.69 Å². The number of aromatic amines is 1. The molecule has 1 aliphatic carbocycles. The summed E-state index contributed by atoms with van der Waals surface area (Å²) >= 11 is 0. The molecule has 0 radical (unpaired) electrons. The highest BCUT2D eigenvalue weighted by Gasteiger charge is 2.23. The first kappa shape index (κ1) is 17.1. The van der Waals surface area contributed by atoms with Gasteiger partial charge in [-0.05, 0) is 43.9 Å². The fourth-order valence-corrected chi connectivity index (χ4v) is 4.43. The van der Waals surface area contributed by atoms with Gasteiger partial charge in [0, 0.05) is 31.2 Å². The van der Waals surface area contributed by atoms with E-state index in [9.17, 15) is 9.59 Å². The first-order valence-electron chi connectivity index (χ1n) is 9.88. The summed E-state index contributed by atoms with van der Waals surface area (Å²) in [6, 6.07) is 8.09. The first-order chi connectivity index (χ1) is 12.7. The van der Waals surface area contributed by atoms with E-state index in [4.69, 9.17) is 0 Å². The molecular formula is C21H27N3O2. The largest absolute Gasteiger partial charge is 0.377 e. The number of imidazole rings is 1. The normalized spacial score (nSPS) is 20.2. The molecule has 0 amide bonds. The van der Waals surface area contributed by atoms with Crippen LogP contribution in [0.4, 0.5) is 0 Å². The molecule has 1 aromatic heterocycles. The van der Waals surface area contributed by atoms with Crippen LogP contribution >= 0.6 is 0 Å². The second-order valence-electron chi connectivity index (χ2n) is 7.64. The van der Waals surface area contributed by atoms with Crippen LogP contribution in [0.2, 0.25) is 0 Å². The van der Waals surface area contributed by atoms with Crippen molar-refractivity contribution >= 4 is 16.8 Å². The Labute approximate surface area is 153 Å². The second kappa shape index (κ2) is 7.52. The zero-order chi connectivity index (χ0) is 17.9. The minimum Gasteiger partial charge on any atom is -0.377 e. The molecule has 1 aromatic carbocycles. The van der Waals surface area contributed by atoms with Gasteiger partial charge in [-0.3, -0.25) is 9.36 Å². The number of benzene rings is 1. The quantitative estimate of drug-likeness (QED) is 0.854. The SMILES string of the molecule is O=C(/C=C/N1CCC(n2c(=O)[nH]c3ccccc32)CC1)C1CCCCC1. The van der Waals surface area contributed by atoms with Gasteiger partial charge in [0.2, 0.25) is 0 Å². The number of piperidine rings is 1. The second-order valence-corrected chi connectivity index (χ2v) is 7.64. The highest BCUT2D eigenvalue weighted by atomic mass is 16.1. The van der Waals surface area contributed by atoms with Crippen molar-refractivity contribution in [2.24, 2.45) is 5.92 Å². The van der Waals surface area contributed by atoms with Gasteiger partial charge in [0.15, 0.2) is 5.78 Å². The van der Waals surface area contributed by atoms with Gasteiger partial charge in [0.05, 0.1) is 11.0 Å². The van der Waals surface area contributed by atoms with Crippen LogP contribution in [0.5, 0.6) is 0 Å². The minimum atomic E-state index is -0.0207. The molecular weight excluding hydrogens is 326 g/mol. The van der Waals surface area contributed by atoms with E-state index < -0.39 is 0 Å². The summed E-state index contributed by atoms with van der Waals surface area (Å²) in [6.45, 7) is 1.76. The van der Waals surface area contributed by atoms with Crippen molar-refractivity contribution in [3.63, 3.8) is 0 Å². The van der Waals surface area contributed by atoms with E-state index in [2.05, 4.69) is 9.88 Å². The molecule has 0 bridgehead atoms. The molecule has 2 heterocycles. The van der Waals surface area contributed by atoms with Crippen LogP contribution in [-0.4, -0.2) is 33.3 Å². The van der Waals surface area contributed by atoms with E-state index in [0.29, 0.717) is 5.78 Å². The maximum Gasteiger partial charge on any atom is 0.326 e. The molecule has 26 heavy (non-hydrogen) atoms. The van der Waals surface area contributed by atoms with Crippen molar-refractivity contribution in [2.75, 3.05) is 13.1 Å². The van der Waals surface area contributed by atoms with Crippen molar-refractivity contribution in [1.29, 1.82) is 0 Å². The molecule has 5 nitrogen and oxygen atoms in total. The number of nitrogens with one attached hydrogen (secondary N) is 1. The van der Waals surface area contributed by atoms with E-state index >= 15 is 0 Å². The summed E-state index contributed by atoms with van der Waals surface area (Å²) in [4.78, 5) is 29.8. The maximum absolute atomic E-state index is 12.3. The average molecular weight is 353 g/mol. The van der Waals surface area contributed by atoms with Crippen LogP contribution in [0.1, 0.15) is 51.0 Å². The topological polar surface area (TPSA) is 58.1 Å². The molecule has 138 valence electrons. The van der Waals surface area contributed by atoms with Crippen molar-refractivity contribution in [1.82, 2.24) is 14.5 Å². The number of rotatable bonds is 4. The summed E-state index contributed by atoms with van der Waals surface area (Å²) < 4.78 is 1.91. The van der Waals surface area contributed by atoms with Gasteiger partial charge in [0.25, 0.3) is 0 Å². The van der Waals surface area contributed by atoms with Gasteiger partial charge in [-0.15, -0.1) is 0 Å². The van der Waals surface area contributed by atoms with Crippen LogP contribution < -0.4 is 5.69 Å². The van der Waals surface area contributed by atoms with Gasteiger partial charge < -0.3 is 9.88 Å². The molecule has 0 atom stereocenters. The van der Waals surface area contributed by atoms with Crippen LogP contribution in [0, 0.1) is 5.92 Å². The predicted octanol–water partition coefficient (Wildman–Crippen LogP) is 3.63. The minimum absolute atomic E-state index is 0.0207. The summed E-state index contributed by atoms with van der Waals surface area (Å²) in [5.41, 5.74) is 1.87. The van der Waals surface area contributed by atoms with E-state index in [1.165, 1.54) is 19.3 Å². The van der Waals surface area contributed by atoms with Crippen LogP contribution in [0.3, 0.4) is 0 Å². The molecule has 1 aliphatic heterocycles. The van der Waals surface area contributed by atoms with Gasteiger partial charge in [-0.1, -0.05) is 31.4 Å². The van der Waals surface area contributed by atoms with Crippen molar-refractivity contribution in [2.45, 2.75) is 51.0 Å². The van der Waals surface area contributed by atoms with E-state index in [1.54, 1.807) is 6.08 Å². The third-order valence-electron chi connectivity index (χ3n) is 5.95. The summed E-state index contributed by atoms with van der Waals surface area (Å²) in [5.74, 6) is 0.530. The average Bonchev–Trinajstić information content (AvgIpc) is 3.03. The summed E-state index contributed by atoms with van der Waals surface area (Å²) in [7, 11) is 0. The lowest BCUT2D eigenvalue weighted by molar-refractivity contribution is -0.119. The fraction of sp³-hybridized carbons (Fsp3) is 0.524. The number of fused-ring (bicyclic) bond motifs is 1. The third kappa shape index (κ3) is 3.48. The van der Waals surface area contributed by atoms with Gasteiger partial charge in [0.1, 0.15) is 0 Å². The van der Waals surface area contributed by atoms with Crippen LogP contribution in [-0.2, 0) is 4.79 Å². The predicted molar refractivity (Wildman–Crippen MR) is 103 cm³/mol. The molecule has 1 saturated heterocycles. The van der Waals surface area contributed by atoms with E-state index in [-0.39, 0.29) is 17.6 Å². The Bertz CT molecular complexity index is 850. The molecule has 5 heteroatoms. The molecule has 0 spiro atoms. The molecule has 1 saturated carbocycles. The van der Waals surface area contributed by atoms with Crippen molar-refractivity contribution in [3.8, 4) is 0 Å². The zero-order valence-electron chi connectivity index (χ0n) is 15.2. The standard InChI is InChI=1S/C21H27N3O2/c25-20(16-6-2-1-3-7-16)12-15-23-13-10-17(11-14-23)24-19-9-5-4-8-18(19)22-21(24)26/h4-5,8-9,12,15-17H,1-3,6-7,10-11,13-14H2,(H,22,26)/b15-12+. The molecule has 2 aromatic rings. The molecule has 2 aliphatic rings. The number of ketones is 1. The maximum atomic E-state index is 12.3. The monoisotopic (exact) mass is 353 g/mol. The number of nitrogens with zero attached hydrogens (tertiary/aromatic N) is 2. The van der Waals surface area contributed by atoms with Crippen LogP contribution in [0.15, 0.2) is 41.3 Å². The summed E-state index contributed by atoms with van der Waals surface area (Å²) in [6.07, 6.45) is 11.4. The number of hydrogen-bond acceptors (Lipinski definition) is 3. The number of carbonyl (C=O) groups excluding carboxylic acids is 1. The zero-order valence-corrected chi connectivity index (χ0v) is 15.2. The highest BCUT2D eigenvalue weighted by Crippen LogP contribution is 2.26. The van der Waals surface area contributed by atoms with Gasteiger partial charge in [-0.25, -0.2) is 4.79 Å². The number of carbonyl (C=O) groups is 1. The lowest BCUT2D eigenvalue weighted by atomic mass is 9.86. The van der Waals surface area contributed by atoms with Gasteiger partial charge in [-0.2, -0.15) is 0 Å².